The maximum atomic E-state index is 4.47. The smallest absolute Gasteiger partial charge is 0.191 e. The molecule has 1 saturated heterocycles. The number of guanidine groups is 1. The van der Waals surface area contributed by atoms with Gasteiger partial charge in [0.1, 0.15) is 0 Å². The molecule has 1 aliphatic heterocycles. The zero-order valence-electron chi connectivity index (χ0n) is 18.7. The van der Waals surface area contributed by atoms with Gasteiger partial charge in [-0.25, -0.2) is 0 Å². The van der Waals surface area contributed by atoms with Crippen LogP contribution in [0.1, 0.15) is 57.1 Å². The fourth-order valence-electron chi connectivity index (χ4n) is 4.41. The molecule has 1 unspecified atom stereocenters. The molecule has 2 aliphatic rings. The van der Waals surface area contributed by atoms with Crippen LogP contribution < -0.4 is 10.6 Å². The highest BCUT2D eigenvalue weighted by Crippen LogP contribution is 2.26. The first-order valence-electron chi connectivity index (χ1n) is 11.0. The minimum atomic E-state index is 0. The minimum absolute atomic E-state index is 0. The molecular formula is C23H40IN5. The van der Waals surface area contributed by atoms with Crippen molar-refractivity contribution in [2.75, 3.05) is 27.2 Å². The summed E-state index contributed by atoms with van der Waals surface area (Å²) in [7, 11) is 4.06. The lowest BCUT2D eigenvalue weighted by Crippen LogP contribution is -2.45. The number of rotatable bonds is 7. The average Bonchev–Trinajstić information content (AvgIpc) is 3.37. The van der Waals surface area contributed by atoms with Crippen molar-refractivity contribution in [3.8, 4) is 0 Å². The highest BCUT2D eigenvalue weighted by molar-refractivity contribution is 14.0. The van der Waals surface area contributed by atoms with E-state index in [2.05, 4.69) is 70.6 Å². The van der Waals surface area contributed by atoms with Crippen molar-refractivity contribution in [1.29, 1.82) is 0 Å². The van der Waals surface area contributed by atoms with Crippen molar-refractivity contribution in [3.63, 3.8) is 0 Å². The van der Waals surface area contributed by atoms with E-state index in [-0.39, 0.29) is 24.0 Å². The van der Waals surface area contributed by atoms with Gasteiger partial charge in [-0.05, 0) is 51.3 Å². The fraction of sp³-hybridized carbons (Fsp3) is 0.696. The predicted molar refractivity (Wildman–Crippen MR) is 134 cm³/mol. The van der Waals surface area contributed by atoms with E-state index in [9.17, 15) is 0 Å². The first kappa shape index (κ1) is 24.4. The van der Waals surface area contributed by atoms with Gasteiger partial charge < -0.3 is 10.6 Å². The first-order chi connectivity index (χ1) is 13.6. The third-order valence-corrected chi connectivity index (χ3v) is 6.49. The molecular weight excluding hydrogens is 473 g/mol. The van der Waals surface area contributed by atoms with Gasteiger partial charge in [-0.1, -0.05) is 37.1 Å². The second-order valence-electron chi connectivity index (χ2n) is 8.77. The molecule has 2 N–H and O–H groups in total. The predicted octanol–water partition coefficient (Wildman–Crippen LogP) is 3.83. The van der Waals surface area contributed by atoms with Gasteiger partial charge in [-0.15, -0.1) is 24.0 Å². The maximum Gasteiger partial charge on any atom is 0.191 e. The molecule has 5 nitrogen and oxygen atoms in total. The third-order valence-electron chi connectivity index (χ3n) is 6.49. The van der Waals surface area contributed by atoms with Crippen LogP contribution in [0, 0.1) is 0 Å². The van der Waals surface area contributed by atoms with Crippen LogP contribution in [0.3, 0.4) is 0 Å². The minimum Gasteiger partial charge on any atom is -0.352 e. The molecule has 0 aromatic heterocycles. The molecule has 1 aliphatic carbocycles. The van der Waals surface area contributed by atoms with E-state index >= 15 is 0 Å². The van der Waals surface area contributed by atoms with Gasteiger partial charge in [0.25, 0.3) is 0 Å². The zero-order chi connectivity index (χ0) is 19.9. The standard InChI is InChI=1S/C23H39N5.HI/c1-18(2)27(4)16-20-10-6-5-9-19(20)15-25-23(24-3)26-21-13-14-28(17-21)22-11-7-8-12-22;/h5-6,9-10,18,21-22H,7-8,11-17H2,1-4H3,(H2,24,25,26);1H. The molecule has 29 heavy (non-hydrogen) atoms. The molecule has 1 saturated carbocycles. The Labute approximate surface area is 194 Å². The van der Waals surface area contributed by atoms with Crippen LogP contribution in [0.25, 0.3) is 0 Å². The number of nitrogens with zero attached hydrogens (tertiary/aromatic N) is 3. The summed E-state index contributed by atoms with van der Waals surface area (Å²) < 4.78 is 0. The molecule has 1 heterocycles. The van der Waals surface area contributed by atoms with E-state index in [1.54, 1.807) is 0 Å². The topological polar surface area (TPSA) is 42.9 Å². The summed E-state index contributed by atoms with van der Waals surface area (Å²) in [4.78, 5) is 9.54. The van der Waals surface area contributed by atoms with Crippen LogP contribution >= 0.6 is 24.0 Å². The Hall–Kier alpha value is -0.860. The van der Waals surface area contributed by atoms with Gasteiger partial charge in [0, 0.05) is 51.4 Å². The van der Waals surface area contributed by atoms with Crippen LogP contribution in [0.5, 0.6) is 0 Å². The van der Waals surface area contributed by atoms with E-state index in [1.807, 2.05) is 7.05 Å². The van der Waals surface area contributed by atoms with Crippen molar-refractivity contribution in [2.24, 2.45) is 4.99 Å². The summed E-state index contributed by atoms with van der Waals surface area (Å²) in [6.45, 7) is 8.64. The molecule has 1 aromatic carbocycles. The summed E-state index contributed by atoms with van der Waals surface area (Å²) in [5, 5.41) is 7.20. The van der Waals surface area contributed by atoms with Crippen LogP contribution in [0.2, 0.25) is 0 Å². The normalized spacial score (nSPS) is 21.0. The molecule has 3 rings (SSSR count). The van der Waals surface area contributed by atoms with E-state index < -0.39 is 0 Å². The van der Waals surface area contributed by atoms with Crippen LogP contribution in [0.4, 0.5) is 0 Å². The average molecular weight is 514 g/mol. The fourth-order valence-corrected chi connectivity index (χ4v) is 4.41. The van der Waals surface area contributed by atoms with Crippen LogP contribution in [0.15, 0.2) is 29.3 Å². The van der Waals surface area contributed by atoms with Gasteiger partial charge in [0.15, 0.2) is 5.96 Å². The van der Waals surface area contributed by atoms with E-state index in [0.29, 0.717) is 12.1 Å². The lowest BCUT2D eigenvalue weighted by atomic mass is 10.1. The molecule has 0 radical (unpaired) electrons. The third kappa shape index (κ3) is 7.10. The number of benzene rings is 1. The number of halogens is 1. The summed E-state index contributed by atoms with van der Waals surface area (Å²) >= 11 is 0. The van der Waals surface area contributed by atoms with Crippen molar-refractivity contribution in [1.82, 2.24) is 20.4 Å². The van der Waals surface area contributed by atoms with Gasteiger partial charge in [-0.3, -0.25) is 14.8 Å². The summed E-state index contributed by atoms with van der Waals surface area (Å²) in [5.41, 5.74) is 2.73. The molecule has 0 bridgehead atoms. The maximum absolute atomic E-state index is 4.47. The highest BCUT2D eigenvalue weighted by Gasteiger charge is 2.30. The molecule has 1 aromatic rings. The number of nitrogens with one attached hydrogen (secondary N) is 2. The van der Waals surface area contributed by atoms with Crippen molar-refractivity contribution < 1.29 is 0 Å². The largest absolute Gasteiger partial charge is 0.352 e. The number of hydrogen-bond donors (Lipinski definition) is 2. The van der Waals surface area contributed by atoms with Gasteiger partial charge >= 0.3 is 0 Å². The van der Waals surface area contributed by atoms with Gasteiger partial charge in [0.2, 0.25) is 0 Å². The number of aliphatic imine (C=N–C) groups is 1. The van der Waals surface area contributed by atoms with Crippen LogP contribution in [-0.4, -0.2) is 61.1 Å². The Bertz CT molecular complexity index is 642. The quantitative estimate of drug-likeness (QED) is 0.331. The summed E-state index contributed by atoms with van der Waals surface area (Å²) in [6.07, 6.45) is 6.82. The summed E-state index contributed by atoms with van der Waals surface area (Å²) in [6, 6.07) is 10.6. The van der Waals surface area contributed by atoms with E-state index in [0.717, 1.165) is 31.6 Å². The van der Waals surface area contributed by atoms with Crippen LogP contribution in [-0.2, 0) is 13.1 Å². The highest BCUT2D eigenvalue weighted by atomic mass is 127. The Morgan fingerprint density at radius 3 is 2.52 bits per heavy atom. The van der Waals surface area contributed by atoms with E-state index in [4.69, 9.17) is 0 Å². The molecule has 0 amide bonds. The number of likely N-dealkylation sites (tertiary alicyclic amines) is 1. The van der Waals surface area contributed by atoms with E-state index in [1.165, 1.54) is 49.8 Å². The Balaban J connectivity index is 0.00000300. The van der Waals surface area contributed by atoms with Crippen molar-refractivity contribution in [3.05, 3.63) is 35.4 Å². The molecule has 164 valence electrons. The van der Waals surface area contributed by atoms with Gasteiger partial charge in [0.05, 0.1) is 0 Å². The monoisotopic (exact) mass is 513 g/mol. The first-order valence-corrected chi connectivity index (χ1v) is 11.0. The molecule has 0 spiro atoms. The lowest BCUT2D eigenvalue weighted by molar-refractivity contribution is 0.242. The molecule has 1 atom stereocenters. The zero-order valence-corrected chi connectivity index (χ0v) is 21.0. The van der Waals surface area contributed by atoms with Gasteiger partial charge in [-0.2, -0.15) is 0 Å². The molecule has 2 fully saturated rings. The van der Waals surface area contributed by atoms with Crippen molar-refractivity contribution >= 4 is 29.9 Å². The number of hydrogen-bond acceptors (Lipinski definition) is 3. The summed E-state index contributed by atoms with van der Waals surface area (Å²) in [5.74, 6) is 0.922. The Morgan fingerprint density at radius 1 is 1.17 bits per heavy atom. The van der Waals surface area contributed by atoms with Crippen molar-refractivity contribution in [2.45, 2.75) is 77.2 Å². The Morgan fingerprint density at radius 2 is 1.86 bits per heavy atom. The second-order valence-corrected chi connectivity index (χ2v) is 8.77. The second kappa shape index (κ2) is 12.1. The lowest BCUT2D eigenvalue weighted by Gasteiger charge is -2.24. The SMILES string of the molecule is CN=C(NCc1ccccc1CN(C)C(C)C)NC1CCN(C2CCCC2)C1.I. The Kier molecular flexibility index (Phi) is 10.2. The molecule has 6 heteroatoms.